The molecule has 1 aromatic heterocycles. The molecular weight excluding hydrogens is 392 g/mol. The van der Waals surface area contributed by atoms with Crippen molar-refractivity contribution in [2.45, 2.75) is 39.3 Å². The van der Waals surface area contributed by atoms with Crippen LogP contribution in [0.2, 0.25) is 0 Å². The summed E-state index contributed by atoms with van der Waals surface area (Å²) < 4.78 is 0. The van der Waals surface area contributed by atoms with Crippen LogP contribution >= 0.6 is 0 Å². The third kappa shape index (κ3) is 2.49. The van der Waals surface area contributed by atoms with Crippen molar-refractivity contribution in [3.63, 3.8) is 0 Å². The molecule has 1 atom stereocenters. The van der Waals surface area contributed by atoms with E-state index in [1.54, 1.807) is 12.4 Å². The molecule has 0 fully saturated rings. The Balaban J connectivity index is 1.56. The Morgan fingerprint density at radius 1 is 0.750 bits per heavy atom. The van der Waals surface area contributed by atoms with Crippen molar-refractivity contribution in [3.05, 3.63) is 95.8 Å². The Morgan fingerprint density at radius 3 is 2.03 bits per heavy atom. The summed E-state index contributed by atoms with van der Waals surface area (Å²) in [6.07, 6.45) is 3.67. The molecule has 1 unspecified atom stereocenters. The van der Waals surface area contributed by atoms with E-state index in [2.05, 4.69) is 104 Å². The van der Waals surface area contributed by atoms with Gasteiger partial charge in [0, 0.05) is 29.2 Å². The number of para-hydroxylation sites is 1. The molecule has 0 radical (unpaired) electrons. The summed E-state index contributed by atoms with van der Waals surface area (Å²) in [5.41, 5.74) is 8.73. The maximum atomic E-state index is 4.80. The number of rotatable bonds is 2. The fourth-order valence-electron chi connectivity index (χ4n) is 5.67. The number of fused-ring (bicyclic) bond motifs is 5. The summed E-state index contributed by atoms with van der Waals surface area (Å²) in [4.78, 5) is 14.3. The highest BCUT2D eigenvalue weighted by molar-refractivity contribution is 5.89. The third-order valence-electron chi connectivity index (χ3n) is 6.97. The van der Waals surface area contributed by atoms with E-state index >= 15 is 0 Å². The van der Waals surface area contributed by atoms with Gasteiger partial charge in [0.1, 0.15) is 6.17 Å². The van der Waals surface area contributed by atoms with E-state index < -0.39 is 0 Å². The fourth-order valence-corrected chi connectivity index (χ4v) is 5.67. The molecule has 0 aliphatic carbocycles. The predicted molar refractivity (Wildman–Crippen MR) is 131 cm³/mol. The topological polar surface area (TPSA) is 32.3 Å². The number of anilines is 4. The van der Waals surface area contributed by atoms with Gasteiger partial charge in [0.15, 0.2) is 11.6 Å². The number of nitrogens with zero attached hydrogens (tertiary/aromatic N) is 4. The van der Waals surface area contributed by atoms with Crippen LogP contribution in [0, 0.1) is 13.8 Å². The quantitative estimate of drug-likeness (QED) is 0.364. The van der Waals surface area contributed by atoms with Gasteiger partial charge in [-0.15, -0.1) is 0 Å². The Bertz CT molecular complexity index is 1320. The molecule has 3 aromatic carbocycles. The number of hydrogen-bond acceptors (Lipinski definition) is 4. The summed E-state index contributed by atoms with van der Waals surface area (Å²) in [7, 11) is 0. The van der Waals surface area contributed by atoms with Crippen LogP contribution in [-0.2, 0) is 5.41 Å². The first kappa shape index (κ1) is 19.1. The van der Waals surface area contributed by atoms with Gasteiger partial charge in [-0.25, -0.2) is 9.97 Å². The van der Waals surface area contributed by atoms with E-state index in [9.17, 15) is 0 Å². The molecular formula is C28H26N4. The maximum absolute atomic E-state index is 4.80. The summed E-state index contributed by atoms with van der Waals surface area (Å²) in [5, 5.41) is 0. The third-order valence-corrected chi connectivity index (χ3v) is 6.97. The molecule has 32 heavy (non-hydrogen) atoms. The van der Waals surface area contributed by atoms with Crippen molar-refractivity contribution in [1.29, 1.82) is 0 Å². The van der Waals surface area contributed by atoms with Crippen LogP contribution in [-0.4, -0.2) is 16.1 Å². The Hall–Kier alpha value is -3.66. The Labute approximate surface area is 189 Å². The SMILES string of the molecule is Cc1cc(N2c3nccnc3N3c4ccccc4C(C)(C)C23)cc(C)c1-c1ccccc1. The van der Waals surface area contributed by atoms with Gasteiger partial charge in [-0.2, -0.15) is 0 Å². The Kier molecular flexibility index (Phi) is 3.97. The predicted octanol–water partition coefficient (Wildman–Crippen LogP) is 6.67. The van der Waals surface area contributed by atoms with Crippen molar-refractivity contribution in [3.8, 4) is 11.1 Å². The van der Waals surface area contributed by atoms with Gasteiger partial charge in [0.2, 0.25) is 0 Å². The molecule has 0 bridgehead atoms. The second-order valence-corrected chi connectivity index (χ2v) is 9.38. The van der Waals surface area contributed by atoms with E-state index in [1.807, 2.05) is 0 Å². The summed E-state index contributed by atoms with van der Waals surface area (Å²) in [5.74, 6) is 1.85. The molecule has 4 nitrogen and oxygen atoms in total. The van der Waals surface area contributed by atoms with Gasteiger partial charge in [0.25, 0.3) is 0 Å². The first-order valence-corrected chi connectivity index (χ1v) is 11.1. The van der Waals surface area contributed by atoms with E-state index in [0.717, 1.165) is 17.3 Å². The minimum Gasteiger partial charge on any atom is -0.301 e. The van der Waals surface area contributed by atoms with E-state index in [1.165, 1.54) is 33.5 Å². The zero-order chi connectivity index (χ0) is 22.0. The van der Waals surface area contributed by atoms with Crippen molar-refractivity contribution >= 4 is 23.0 Å². The molecule has 6 rings (SSSR count). The first-order chi connectivity index (χ1) is 15.5. The first-order valence-electron chi connectivity index (χ1n) is 11.1. The summed E-state index contributed by atoms with van der Waals surface area (Å²) in [6.45, 7) is 9.07. The molecule has 2 aliphatic rings. The Morgan fingerprint density at radius 2 is 1.34 bits per heavy atom. The molecule has 4 heteroatoms. The summed E-state index contributed by atoms with van der Waals surface area (Å²) in [6, 6.07) is 23.9. The van der Waals surface area contributed by atoms with Crippen molar-refractivity contribution in [1.82, 2.24) is 9.97 Å². The molecule has 158 valence electrons. The van der Waals surface area contributed by atoms with Crippen molar-refractivity contribution in [2.75, 3.05) is 9.80 Å². The molecule has 0 saturated heterocycles. The molecule has 0 spiro atoms. The van der Waals surface area contributed by atoms with Crippen LogP contribution < -0.4 is 9.80 Å². The zero-order valence-corrected chi connectivity index (χ0v) is 18.9. The summed E-state index contributed by atoms with van der Waals surface area (Å²) >= 11 is 0. The zero-order valence-electron chi connectivity index (χ0n) is 18.9. The highest BCUT2D eigenvalue weighted by Crippen LogP contribution is 2.57. The smallest absolute Gasteiger partial charge is 0.178 e. The van der Waals surface area contributed by atoms with Gasteiger partial charge >= 0.3 is 0 Å². The molecule has 4 aromatic rings. The van der Waals surface area contributed by atoms with Crippen LogP contribution in [0.1, 0.15) is 30.5 Å². The standard InChI is InChI=1S/C28H26N4/c1-18-16-21(17-19(2)24(18)20-10-6-5-7-11-20)31-25-26(30-15-14-29-25)32-23-13-9-8-12-22(23)28(3,4)27(31)32/h5-17,27H,1-4H3. The highest BCUT2D eigenvalue weighted by atomic mass is 15.5. The molecule has 0 amide bonds. The molecule has 3 heterocycles. The van der Waals surface area contributed by atoms with Gasteiger partial charge in [-0.3, -0.25) is 0 Å². The lowest BCUT2D eigenvalue weighted by Crippen LogP contribution is -2.46. The number of aromatic nitrogens is 2. The minimum atomic E-state index is -0.0983. The maximum Gasteiger partial charge on any atom is 0.178 e. The van der Waals surface area contributed by atoms with Gasteiger partial charge < -0.3 is 9.80 Å². The van der Waals surface area contributed by atoms with Crippen LogP contribution in [0.4, 0.5) is 23.0 Å². The largest absolute Gasteiger partial charge is 0.301 e. The second-order valence-electron chi connectivity index (χ2n) is 9.38. The fraction of sp³-hybridized carbons (Fsp3) is 0.214. The van der Waals surface area contributed by atoms with E-state index in [4.69, 9.17) is 9.97 Å². The van der Waals surface area contributed by atoms with Gasteiger partial charge in [-0.05, 0) is 59.9 Å². The molecule has 2 aliphatic heterocycles. The highest BCUT2D eigenvalue weighted by Gasteiger charge is 2.54. The van der Waals surface area contributed by atoms with Crippen molar-refractivity contribution < 1.29 is 0 Å². The average molecular weight is 419 g/mol. The lowest BCUT2D eigenvalue weighted by Gasteiger charge is -2.36. The number of benzene rings is 3. The molecule has 0 N–H and O–H groups in total. The lowest BCUT2D eigenvalue weighted by molar-refractivity contribution is 0.449. The second kappa shape index (κ2) is 6.67. The van der Waals surface area contributed by atoms with Crippen LogP contribution in [0.25, 0.3) is 11.1 Å². The number of aryl methyl sites for hydroxylation is 2. The average Bonchev–Trinajstić information content (AvgIpc) is 3.26. The lowest BCUT2D eigenvalue weighted by atomic mass is 9.83. The van der Waals surface area contributed by atoms with Gasteiger partial charge in [0.05, 0.1) is 0 Å². The molecule has 0 saturated carbocycles. The monoisotopic (exact) mass is 418 g/mol. The van der Waals surface area contributed by atoms with Gasteiger partial charge in [-0.1, -0.05) is 62.4 Å². The van der Waals surface area contributed by atoms with Crippen LogP contribution in [0.15, 0.2) is 79.1 Å². The van der Waals surface area contributed by atoms with E-state index in [-0.39, 0.29) is 11.6 Å². The minimum absolute atomic E-state index is 0.0821. The van der Waals surface area contributed by atoms with Crippen LogP contribution in [0.5, 0.6) is 0 Å². The van der Waals surface area contributed by atoms with E-state index in [0.29, 0.717) is 0 Å². The number of hydrogen-bond donors (Lipinski definition) is 0. The van der Waals surface area contributed by atoms with Crippen LogP contribution in [0.3, 0.4) is 0 Å². The normalized spacial score (nSPS) is 17.8. The van der Waals surface area contributed by atoms with Crippen molar-refractivity contribution in [2.24, 2.45) is 0 Å².